The Morgan fingerprint density at radius 3 is 2.35 bits per heavy atom. The molecule has 0 aliphatic heterocycles. The van der Waals surface area contributed by atoms with Gasteiger partial charge in [0, 0.05) is 6.07 Å². The van der Waals surface area contributed by atoms with Gasteiger partial charge < -0.3 is 5.73 Å². The summed E-state index contributed by atoms with van der Waals surface area (Å²) >= 11 is 0. The van der Waals surface area contributed by atoms with Crippen LogP contribution in [0.25, 0.3) is 22.3 Å². The fourth-order valence-electron chi connectivity index (χ4n) is 1.91. The van der Waals surface area contributed by atoms with E-state index < -0.39 is 0 Å². The average molecular weight is 222 g/mol. The Morgan fingerprint density at radius 1 is 0.824 bits per heavy atom. The molecule has 0 spiro atoms. The highest BCUT2D eigenvalue weighted by Crippen LogP contribution is 2.30. The SMILES string of the molecule is Nc1cc2ccccc2[o+]c1-c1ccccc1. The second-order valence-corrected chi connectivity index (χ2v) is 3.93. The van der Waals surface area contributed by atoms with Crippen molar-refractivity contribution >= 4 is 16.7 Å². The van der Waals surface area contributed by atoms with Crippen LogP contribution in [-0.4, -0.2) is 0 Å². The van der Waals surface area contributed by atoms with E-state index in [1.807, 2.05) is 60.7 Å². The zero-order valence-electron chi connectivity index (χ0n) is 9.26. The number of nitrogen functional groups attached to an aromatic ring is 1. The second kappa shape index (κ2) is 3.91. The Labute approximate surface area is 99.3 Å². The highest BCUT2D eigenvalue weighted by atomic mass is 16.3. The van der Waals surface area contributed by atoms with E-state index in [0.717, 1.165) is 22.3 Å². The monoisotopic (exact) mass is 222 g/mol. The molecule has 0 aliphatic carbocycles. The van der Waals surface area contributed by atoms with E-state index in [4.69, 9.17) is 10.2 Å². The minimum absolute atomic E-state index is 0.662. The Kier molecular flexibility index (Phi) is 2.26. The summed E-state index contributed by atoms with van der Waals surface area (Å²) in [6.45, 7) is 0. The molecule has 2 N–H and O–H groups in total. The molecule has 0 aliphatic rings. The molecule has 0 amide bonds. The van der Waals surface area contributed by atoms with Crippen molar-refractivity contribution in [1.82, 2.24) is 0 Å². The highest BCUT2D eigenvalue weighted by Gasteiger charge is 2.18. The maximum absolute atomic E-state index is 6.02. The van der Waals surface area contributed by atoms with E-state index >= 15 is 0 Å². The average Bonchev–Trinajstić information content (AvgIpc) is 2.39. The van der Waals surface area contributed by atoms with Gasteiger partial charge in [0.1, 0.15) is 5.69 Å². The van der Waals surface area contributed by atoms with E-state index in [9.17, 15) is 0 Å². The zero-order valence-corrected chi connectivity index (χ0v) is 9.26. The lowest BCUT2D eigenvalue weighted by atomic mass is 10.1. The molecule has 0 atom stereocenters. The van der Waals surface area contributed by atoms with Gasteiger partial charge in [-0.15, -0.1) is 0 Å². The Balaban J connectivity index is 2.27. The fraction of sp³-hybridized carbons (Fsp3) is 0. The highest BCUT2D eigenvalue weighted by molar-refractivity contribution is 5.85. The number of para-hydroxylation sites is 1. The Bertz CT molecular complexity index is 662. The summed E-state index contributed by atoms with van der Waals surface area (Å²) in [5.74, 6) is 0.726. The molecule has 3 rings (SSSR count). The summed E-state index contributed by atoms with van der Waals surface area (Å²) in [4.78, 5) is 0. The van der Waals surface area contributed by atoms with Crippen LogP contribution in [0, 0.1) is 0 Å². The van der Waals surface area contributed by atoms with Crippen molar-refractivity contribution in [2.24, 2.45) is 0 Å². The Hall–Kier alpha value is -2.35. The van der Waals surface area contributed by atoms with E-state index in [0.29, 0.717) is 5.69 Å². The first-order valence-corrected chi connectivity index (χ1v) is 5.51. The van der Waals surface area contributed by atoms with E-state index in [-0.39, 0.29) is 0 Å². The molecular weight excluding hydrogens is 210 g/mol. The van der Waals surface area contributed by atoms with Crippen LogP contribution in [0.1, 0.15) is 0 Å². The number of nitrogens with two attached hydrogens (primary N) is 1. The minimum atomic E-state index is 0.662. The third-order valence-electron chi connectivity index (χ3n) is 2.74. The summed E-state index contributed by atoms with van der Waals surface area (Å²) in [5.41, 5.74) is 8.53. The van der Waals surface area contributed by atoms with Gasteiger partial charge in [-0.2, -0.15) is 0 Å². The van der Waals surface area contributed by atoms with Gasteiger partial charge in [0.2, 0.25) is 0 Å². The van der Waals surface area contributed by atoms with Gasteiger partial charge in [0.15, 0.2) is 0 Å². The molecule has 0 bridgehead atoms. The molecule has 1 aromatic heterocycles. The Morgan fingerprint density at radius 2 is 1.53 bits per heavy atom. The normalized spacial score (nSPS) is 10.6. The molecule has 1 heterocycles. The zero-order chi connectivity index (χ0) is 11.7. The van der Waals surface area contributed by atoms with Crippen LogP contribution in [0.5, 0.6) is 0 Å². The van der Waals surface area contributed by atoms with Crippen LogP contribution in [0.2, 0.25) is 0 Å². The van der Waals surface area contributed by atoms with Crippen LogP contribution in [-0.2, 0) is 0 Å². The standard InChI is InChI=1S/C15H12NO/c16-13-10-12-8-4-5-9-14(12)17-15(13)11-6-2-1-3-7-11/h1-10H,16H2/q+1. The minimum Gasteiger partial charge on any atom is -0.391 e. The van der Waals surface area contributed by atoms with E-state index in [1.165, 1.54) is 0 Å². The molecule has 2 aromatic carbocycles. The lowest BCUT2D eigenvalue weighted by Gasteiger charge is -1.96. The molecule has 0 saturated heterocycles. The van der Waals surface area contributed by atoms with Crippen molar-refractivity contribution in [3.8, 4) is 11.3 Å². The van der Waals surface area contributed by atoms with Crippen LogP contribution < -0.4 is 5.73 Å². The number of fused-ring (bicyclic) bond motifs is 1. The van der Waals surface area contributed by atoms with Crippen molar-refractivity contribution in [3.05, 3.63) is 60.7 Å². The quantitative estimate of drug-likeness (QED) is 0.633. The number of hydrogen-bond acceptors (Lipinski definition) is 1. The predicted molar refractivity (Wildman–Crippen MR) is 70.5 cm³/mol. The third kappa shape index (κ3) is 1.74. The molecule has 0 radical (unpaired) electrons. The first-order chi connectivity index (χ1) is 8.34. The van der Waals surface area contributed by atoms with Gasteiger partial charge >= 0.3 is 11.3 Å². The molecule has 3 aromatic rings. The van der Waals surface area contributed by atoms with Gasteiger partial charge in [-0.25, -0.2) is 4.42 Å². The van der Waals surface area contributed by atoms with Gasteiger partial charge in [0.05, 0.1) is 10.9 Å². The van der Waals surface area contributed by atoms with E-state index in [1.54, 1.807) is 0 Å². The maximum atomic E-state index is 6.02. The van der Waals surface area contributed by atoms with Crippen molar-refractivity contribution in [3.63, 3.8) is 0 Å². The van der Waals surface area contributed by atoms with Gasteiger partial charge in [-0.3, -0.25) is 0 Å². The first kappa shape index (κ1) is 9.85. The van der Waals surface area contributed by atoms with Crippen molar-refractivity contribution in [1.29, 1.82) is 0 Å². The van der Waals surface area contributed by atoms with Crippen molar-refractivity contribution in [2.45, 2.75) is 0 Å². The summed E-state index contributed by atoms with van der Waals surface area (Å²) in [7, 11) is 0. The van der Waals surface area contributed by atoms with Crippen molar-refractivity contribution < 1.29 is 4.42 Å². The summed E-state index contributed by atoms with van der Waals surface area (Å²) in [6, 6.07) is 19.7. The predicted octanol–water partition coefficient (Wildman–Crippen LogP) is 3.96. The van der Waals surface area contributed by atoms with Gasteiger partial charge in [-0.05, 0) is 24.3 Å². The molecule has 2 nitrogen and oxygen atoms in total. The summed E-state index contributed by atoms with van der Waals surface area (Å²) < 4.78 is 5.85. The van der Waals surface area contributed by atoms with Gasteiger partial charge in [0.25, 0.3) is 0 Å². The number of anilines is 1. The molecule has 2 heteroatoms. The lowest BCUT2D eigenvalue weighted by molar-refractivity contribution is 0.622. The number of rotatable bonds is 1. The fourth-order valence-corrected chi connectivity index (χ4v) is 1.91. The van der Waals surface area contributed by atoms with E-state index in [2.05, 4.69) is 0 Å². The molecule has 0 unspecified atom stereocenters. The molecule has 82 valence electrons. The molecule has 0 saturated carbocycles. The molecular formula is C15H12NO+. The van der Waals surface area contributed by atoms with Crippen LogP contribution >= 0.6 is 0 Å². The number of benzene rings is 2. The largest absolute Gasteiger partial charge is 0.391 e. The third-order valence-corrected chi connectivity index (χ3v) is 2.74. The van der Waals surface area contributed by atoms with Crippen LogP contribution in [0.15, 0.2) is 65.1 Å². The molecule has 0 fully saturated rings. The first-order valence-electron chi connectivity index (χ1n) is 5.51. The summed E-state index contributed by atoms with van der Waals surface area (Å²) in [5, 5.41) is 1.02. The van der Waals surface area contributed by atoms with Crippen LogP contribution in [0.4, 0.5) is 5.69 Å². The van der Waals surface area contributed by atoms with Gasteiger partial charge in [-0.1, -0.05) is 30.3 Å². The maximum Gasteiger partial charge on any atom is 0.383 e. The van der Waals surface area contributed by atoms with Crippen LogP contribution in [0.3, 0.4) is 0 Å². The lowest BCUT2D eigenvalue weighted by Crippen LogP contribution is -1.90. The summed E-state index contributed by atoms with van der Waals surface area (Å²) in [6.07, 6.45) is 0. The second-order valence-electron chi connectivity index (χ2n) is 3.93. The van der Waals surface area contributed by atoms with Crippen molar-refractivity contribution in [2.75, 3.05) is 5.73 Å². The topological polar surface area (TPSA) is 37.3 Å². The smallest absolute Gasteiger partial charge is 0.383 e. The number of hydrogen-bond donors (Lipinski definition) is 1. The molecule has 17 heavy (non-hydrogen) atoms.